The lowest BCUT2D eigenvalue weighted by Crippen LogP contribution is -2.47. The number of urea groups is 1. The Labute approximate surface area is 190 Å². The highest BCUT2D eigenvalue weighted by molar-refractivity contribution is 7.98. The van der Waals surface area contributed by atoms with Crippen LogP contribution in [0.2, 0.25) is 5.02 Å². The average molecular weight is 481 g/mol. The fourth-order valence-electron chi connectivity index (χ4n) is 3.14. The molecule has 0 saturated heterocycles. The molecule has 1 aliphatic rings. The molecular weight excluding hydrogens is 460 g/mol. The van der Waals surface area contributed by atoms with Crippen molar-refractivity contribution in [2.24, 2.45) is 0 Å². The van der Waals surface area contributed by atoms with Crippen LogP contribution in [0.1, 0.15) is 18.5 Å². The van der Waals surface area contributed by atoms with Crippen LogP contribution in [0.15, 0.2) is 69.6 Å². The van der Waals surface area contributed by atoms with Crippen molar-refractivity contribution >= 4 is 45.2 Å². The van der Waals surface area contributed by atoms with Gasteiger partial charge >= 0.3 is 12.0 Å². The zero-order valence-corrected chi connectivity index (χ0v) is 19.2. The number of thioether (sulfide) groups is 1. The number of rotatable bonds is 7. The molecule has 2 aromatic carbocycles. The van der Waals surface area contributed by atoms with E-state index < -0.39 is 33.6 Å². The Hall–Kier alpha value is -2.49. The summed E-state index contributed by atoms with van der Waals surface area (Å²) >= 11 is 7.40. The van der Waals surface area contributed by atoms with E-state index in [9.17, 15) is 18.0 Å². The summed E-state index contributed by atoms with van der Waals surface area (Å²) in [5.74, 6) is -1.27. The molecule has 2 amide bonds. The maximum atomic E-state index is 13.0. The van der Waals surface area contributed by atoms with Gasteiger partial charge in [0.2, 0.25) is 0 Å². The van der Waals surface area contributed by atoms with Crippen molar-refractivity contribution < 1.29 is 22.7 Å². The lowest BCUT2D eigenvalue weighted by molar-refractivity contribution is -0.139. The van der Waals surface area contributed by atoms with Gasteiger partial charge in [0.25, 0.3) is 0 Å². The van der Waals surface area contributed by atoms with Crippen molar-refractivity contribution in [1.29, 1.82) is 0 Å². The van der Waals surface area contributed by atoms with Crippen LogP contribution in [0.4, 0.5) is 4.79 Å². The average Bonchev–Trinajstić information content (AvgIpc) is 2.73. The predicted octanol–water partition coefficient (Wildman–Crippen LogP) is 3.71. The number of hydrogen-bond donors (Lipinski definition) is 2. The summed E-state index contributed by atoms with van der Waals surface area (Å²) in [6.45, 7) is 1.76. The summed E-state index contributed by atoms with van der Waals surface area (Å²) in [5.41, 5.74) is 0.670. The van der Waals surface area contributed by atoms with Crippen LogP contribution >= 0.6 is 23.4 Å². The number of carbonyl (C=O) groups is 2. The van der Waals surface area contributed by atoms with Gasteiger partial charge < -0.3 is 15.4 Å². The molecule has 1 heterocycles. The minimum absolute atomic E-state index is 0.0175. The number of esters is 1. The van der Waals surface area contributed by atoms with E-state index in [4.69, 9.17) is 16.3 Å². The highest BCUT2D eigenvalue weighted by Gasteiger charge is 2.35. The molecule has 164 valence electrons. The summed E-state index contributed by atoms with van der Waals surface area (Å²) in [6, 6.07) is 11.5. The summed E-state index contributed by atoms with van der Waals surface area (Å²) in [4.78, 5) is 26.2. The molecule has 0 aliphatic carbocycles. The molecule has 2 N–H and O–H groups in total. The normalized spacial score (nSPS) is 16.5. The number of hydrogen-bond acceptors (Lipinski definition) is 6. The molecule has 1 unspecified atom stereocenters. The SMILES string of the molecule is CCOC(=O)C1=C(CS(=O)(=O)c2ccc(Cl)cc2)NC(=O)NC1c1ccc(SC)cc1. The van der Waals surface area contributed by atoms with Crippen molar-refractivity contribution in [3.8, 4) is 0 Å². The molecule has 31 heavy (non-hydrogen) atoms. The van der Waals surface area contributed by atoms with Gasteiger partial charge in [-0.05, 0) is 55.1 Å². The third kappa shape index (κ3) is 5.41. The molecule has 2 aromatic rings. The number of halogens is 1. The van der Waals surface area contributed by atoms with Gasteiger partial charge in [0, 0.05) is 15.6 Å². The standard InChI is InChI=1S/C21H21ClN2O5S2/c1-3-29-20(25)18-17(12-31(27,28)16-10-6-14(22)7-11-16)23-21(26)24-19(18)13-4-8-15(30-2)9-5-13/h4-11,19H,3,12H2,1-2H3,(H2,23,24,26). The molecule has 0 radical (unpaired) electrons. The lowest BCUT2D eigenvalue weighted by atomic mass is 9.95. The van der Waals surface area contributed by atoms with Gasteiger partial charge in [0.05, 0.1) is 28.9 Å². The number of amides is 2. The van der Waals surface area contributed by atoms with E-state index in [2.05, 4.69) is 10.6 Å². The van der Waals surface area contributed by atoms with Crippen molar-refractivity contribution in [2.75, 3.05) is 18.6 Å². The van der Waals surface area contributed by atoms with Crippen LogP contribution in [0.3, 0.4) is 0 Å². The Balaban J connectivity index is 2.07. The third-order valence-electron chi connectivity index (χ3n) is 4.61. The number of benzene rings is 2. The Morgan fingerprint density at radius 1 is 1.13 bits per heavy atom. The van der Waals surface area contributed by atoms with E-state index in [0.717, 1.165) is 4.90 Å². The minimum Gasteiger partial charge on any atom is -0.463 e. The summed E-state index contributed by atoms with van der Waals surface area (Å²) < 4.78 is 31.1. The number of sulfone groups is 1. The van der Waals surface area contributed by atoms with Crippen LogP contribution in [-0.2, 0) is 19.4 Å². The van der Waals surface area contributed by atoms with Crippen molar-refractivity contribution in [1.82, 2.24) is 10.6 Å². The topological polar surface area (TPSA) is 102 Å². The van der Waals surface area contributed by atoms with Crippen LogP contribution in [0.5, 0.6) is 0 Å². The second-order valence-electron chi connectivity index (χ2n) is 6.63. The van der Waals surface area contributed by atoms with E-state index in [1.54, 1.807) is 30.8 Å². The molecule has 0 saturated carbocycles. The van der Waals surface area contributed by atoms with Crippen LogP contribution < -0.4 is 10.6 Å². The van der Waals surface area contributed by atoms with Gasteiger partial charge in [0.15, 0.2) is 9.84 Å². The van der Waals surface area contributed by atoms with E-state index in [-0.39, 0.29) is 22.8 Å². The van der Waals surface area contributed by atoms with E-state index >= 15 is 0 Å². The first-order chi connectivity index (χ1) is 14.7. The zero-order valence-electron chi connectivity index (χ0n) is 16.8. The van der Waals surface area contributed by atoms with Gasteiger partial charge in [-0.2, -0.15) is 0 Å². The molecular formula is C21H21ClN2O5S2. The first kappa shape index (κ1) is 23.2. The Morgan fingerprint density at radius 2 is 1.77 bits per heavy atom. The van der Waals surface area contributed by atoms with Gasteiger partial charge in [0.1, 0.15) is 0 Å². The second-order valence-corrected chi connectivity index (χ2v) is 9.94. The summed E-state index contributed by atoms with van der Waals surface area (Å²) in [7, 11) is -3.87. The van der Waals surface area contributed by atoms with Crippen molar-refractivity contribution in [2.45, 2.75) is 22.8 Å². The van der Waals surface area contributed by atoms with Crippen molar-refractivity contribution in [3.05, 3.63) is 70.4 Å². The summed E-state index contributed by atoms with van der Waals surface area (Å²) in [6.07, 6.45) is 1.94. The van der Waals surface area contributed by atoms with Gasteiger partial charge in [-0.1, -0.05) is 23.7 Å². The molecule has 0 bridgehead atoms. The fraction of sp³-hybridized carbons (Fsp3) is 0.238. The van der Waals surface area contributed by atoms with Crippen LogP contribution in [-0.4, -0.2) is 39.0 Å². The van der Waals surface area contributed by atoms with Gasteiger partial charge in [-0.15, -0.1) is 11.8 Å². The number of nitrogens with one attached hydrogen (secondary N) is 2. The molecule has 0 aromatic heterocycles. The Kier molecular flexibility index (Phi) is 7.30. The fourth-order valence-corrected chi connectivity index (χ4v) is 5.00. The predicted molar refractivity (Wildman–Crippen MR) is 120 cm³/mol. The molecule has 1 aliphatic heterocycles. The summed E-state index contributed by atoms with van der Waals surface area (Å²) in [5, 5.41) is 5.58. The molecule has 7 nitrogen and oxygen atoms in total. The maximum Gasteiger partial charge on any atom is 0.338 e. The highest BCUT2D eigenvalue weighted by Crippen LogP contribution is 2.30. The van der Waals surface area contributed by atoms with Crippen LogP contribution in [0, 0.1) is 0 Å². The largest absolute Gasteiger partial charge is 0.463 e. The second kappa shape index (κ2) is 9.76. The smallest absolute Gasteiger partial charge is 0.338 e. The molecule has 3 rings (SSSR count). The highest BCUT2D eigenvalue weighted by atomic mass is 35.5. The van der Waals surface area contributed by atoms with Gasteiger partial charge in [-0.3, -0.25) is 0 Å². The first-order valence-electron chi connectivity index (χ1n) is 9.35. The molecule has 0 spiro atoms. The first-order valence-corrected chi connectivity index (χ1v) is 12.6. The number of ether oxygens (including phenoxy) is 1. The maximum absolute atomic E-state index is 13.0. The quantitative estimate of drug-likeness (QED) is 0.462. The lowest BCUT2D eigenvalue weighted by Gasteiger charge is -2.29. The minimum atomic E-state index is -3.87. The molecule has 10 heteroatoms. The van der Waals surface area contributed by atoms with E-state index in [1.807, 2.05) is 18.4 Å². The monoisotopic (exact) mass is 480 g/mol. The Morgan fingerprint density at radius 3 is 2.35 bits per heavy atom. The van der Waals surface area contributed by atoms with Gasteiger partial charge in [-0.25, -0.2) is 18.0 Å². The van der Waals surface area contributed by atoms with Crippen LogP contribution in [0.25, 0.3) is 0 Å². The molecule has 0 fully saturated rings. The third-order valence-corrected chi connectivity index (χ3v) is 7.26. The Bertz CT molecular complexity index is 1110. The molecule has 1 atom stereocenters. The zero-order chi connectivity index (χ0) is 22.6. The van der Waals surface area contributed by atoms with Crippen molar-refractivity contribution in [3.63, 3.8) is 0 Å². The van der Waals surface area contributed by atoms with E-state index in [1.165, 1.54) is 24.3 Å². The number of carbonyl (C=O) groups excluding carboxylic acids is 2. The van der Waals surface area contributed by atoms with E-state index in [0.29, 0.717) is 10.6 Å².